The van der Waals surface area contributed by atoms with Crippen molar-refractivity contribution in [1.29, 1.82) is 0 Å². The molecule has 5 nitrogen and oxygen atoms in total. The molecule has 1 heterocycles. The second kappa shape index (κ2) is 6.98. The normalized spacial score (nSPS) is 11.5. The highest BCUT2D eigenvalue weighted by Gasteiger charge is 2.22. The van der Waals surface area contributed by atoms with Crippen LogP contribution in [0.15, 0.2) is 90.0 Å². The van der Waals surface area contributed by atoms with Gasteiger partial charge in [-0.1, -0.05) is 54.1 Å². The number of sulfonamides is 1. The Morgan fingerprint density at radius 1 is 0.857 bits per heavy atom. The standard InChI is InChI=1S/C22H18N2O3S/c1-16-11-13-18(14-12-16)28(26,27)23-22(25)20-15-24(17-7-3-2-4-8-17)21-10-6-5-9-19(20)21/h2-15H,1H3,(H,23,25). The van der Waals surface area contributed by atoms with Crippen LogP contribution < -0.4 is 4.72 Å². The molecule has 0 unspecified atom stereocenters. The number of aryl methyl sites for hydroxylation is 1. The number of hydrogen-bond acceptors (Lipinski definition) is 3. The molecule has 1 amide bonds. The maximum absolute atomic E-state index is 12.9. The fourth-order valence-corrected chi connectivity index (χ4v) is 4.08. The summed E-state index contributed by atoms with van der Waals surface area (Å²) in [4.78, 5) is 12.9. The van der Waals surface area contributed by atoms with E-state index in [2.05, 4.69) is 4.72 Å². The van der Waals surface area contributed by atoms with Crippen LogP contribution in [0.5, 0.6) is 0 Å². The van der Waals surface area contributed by atoms with Gasteiger partial charge >= 0.3 is 0 Å². The maximum atomic E-state index is 12.9. The van der Waals surface area contributed by atoms with Crippen molar-refractivity contribution >= 4 is 26.8 Å². The third-order valence-corrected chi connectivity index (χ3v) is 5.90. The molecule has 0 bridgehead atoms. The monoisotopic (exact) mass is 390 g/mol. The average molecular weight is 390 g/mol. The summed E-state index contributed by atoms with van der Waals surface area (Å²) in [6.07, 6.45) is 1.67. The highest BCUT2D eigenvalue weighted by Crippen LogP contribution is 2.25. The molecule has 0 aliphatic carbocycles. The van der Waals surface area contributed by atoms with Crippen molar-refractivity contribution in [3.63, 3.8) is 0 Å². The van der Waals surface area contributed by atoms with E-state index in [0.29, 0.717) is 10.9 Å². The van der Waals surface area contributed by atoms with Gasteiger partial charge in [0.2, 0.25) is 0 Å². The van der Waals surface area contributed by atoms with E-state index in [9.17, 15) is 13.2 Å². The number of carbonyl (C=O) groups excluding carboxylic acids is 1. The molecule has 1 aromatic heterocycles. The van der Waals surface area contributed by atoms with Gasteiger partial charge in [-0.25, -0.2) is 13.1 Å². The quantitative estimate of drug-likeness (QED) is 0.571. The van der Waals surface area contributed by atoms with Gasteiger partial charge in [-0.3, -0.25) is 4.79 Å². The van der Waals surface area contributed by atoms with Gasteiger partial charge in [-0.05, 0) is 37.3 Å². The number of hydrogen-bond donors (Lipinski definition) is 1. The third kappa shape index (κ3) is 3.30. The molecule has 0 aliphatic heterocycles. The van der Waals surface area contributed by atoms with Crippen LogP contribution in [0.1, 0.15) is 15.9 Å². The summed E-state index contributed by atoms with van der Waals surface area (Å²) >= 11 is 0. The van der Waals surface area contributed by atoms with Crippen molar-refractivity contribution in [1.82, 2.24) is 9.29 Å². The highest BCUT2D eigenvalue weighted by atomic mass is 32.2. The molecule has 28 heavy (non-hydrogen) atoms. The molecule has 3 aromatic carbocycles. The van der Waals surface area contributed by atoms with Gasteiger partial charge in [-0.2, -0.15) is 0 Å². The van der Waals surface area contributed by atoms with E-state index >= 15 is 0 Å². The molecule has 0 radical (unpaired) electrons. The molecular formula is C22H18N2O3S. The topological polar surface area (TPSA) is 68.2 Å². The van der Waals surface area contributed by atoms with Crippen LogP contribution in [-0.2, 0) is 10.0 Å². The van der Waals surface area contributed by atoms with Crippen LogP contribution in [0.3, 0.4) is 0 Å². The van der Waals surface area contributed by atoms with Crippen LogP contribution >= 0.6 is 0 Å². The van der Waals surface area contributed by atoms with Crippen molar-refractivity contribution in [2.75, 3.05) is 0 Å². The lowest BCUT2D eigenvalue weighted by Crippen LogP contribution is -2.30. The molecule has 0 saturated carbocycles. The van der Waals surface area contributed by atoms with Crippen LogP contribution in [0.4, 0.5) is 0 Å². The minimum Gasteiger partial charge on any atom is -0.316 e. The summed E-state index contributed by atoms with van der Waals surface area (Å²) in [6.45, 7) is 1.87. The van der Waals surface area contributed by atoms with E-state index in [1.807, 2.05) is 66.1 Å². The number of para-hydroxylation sites is 2. The van der Waals surface area contributed by atoms with Gasteiger partial charge in [-0.15, -0.1) is 0 Å². The largest absolute Gasteiger partial charge is 0.316 e. The van der Waals surface area contributed by atoms with Crippen LogP contribution in [0.25, 0.3) is 16.6 Å². The van der Waals surface area contributed by atoms with E-state index in [1.165, 1.54) is 12.1 Å². The van der Waals surface area contributed by atoms with Gasteiger partial charge in [0.25, 0.3) is 15.9 Å². The minimum atomic E-state index is -3.96. The summed E-state index contributed by atoms with van der Waals surface area (Å²) in [5.74, 6) is -0.661. The molecule has 0 aliphatic rings. The SMILES string of the molecule is Cc1ccc(S(=O)(=O)NC(=O)c2cn(-c3ccccc3)c3ccccc23)cc1. The number of carbonyl (C=O) groups is 1. The highest BCUT2D eigenvalue weighted by molar-refractivity contribution is 7.90. The molecule has 6 heteroatoms. The maximum Gasteiger partial charge on any atom is 0.267 e. The zero-order valence-electron chi connectivity index (χ0n) is 15.2. The predicted molar refractivity (Wildman–Crippen MR) is 109 cm³/mol. The fraction of sp³-hybridized carbons (Fsp3) is 0.0455. The summed E-state index contributed by atoms with van der Waals surface area (Å²) in [5, 5.41) is 0.683. The first kappa shape index (κ1) is 18.0. The summed E-state index contributed by atoms with van der Waals surface area (Å²) in [7, 11) is -3.96. The van der Waals surface area contributed by atoms with Crippen molar-refractivity contribution in [3.05, 3.63) is 96.2 Å². The van der Waals surface area contributed by atoms with Crippen LogP contribution in [0.2, 0.25) is 0 Å². The predicted octanol–water partition coefficient (Wildman–Crippen LogP) is 4.06. The van der Waals surface area contributed by atoms with Crippen molar-refractivity contribution in [2.24, 2.45) is 0 Å². The smallest absolute Gasteiger partial charge is 0.267 e. The van der Waals surface area contributed by atoms with Crippen molar-refractivity contribution < 1.29 is 13.2 Å². The van der Waals surface area contributed by atoms with Gasteiger partial charge in [0.15, 0.2) is 0 Å². The number of fused-ring (bicyclic) bond motifs is 1. The third-order valence-electron chi connectivity index (χ3n) is 4.55. The first-order valence-electron chi connectivity index (χ1n) is 8.75. The van der Waals surface area contributed by atoms with Gasteiger partial charge in [0, 0.05) is 17.3 Å². The first-order chi connectivity index (χ1) is 13.5. The average Bonchev–Trinajstić information content (AvgIpc) is 3.09. The van der Waals surface area contributed by atoms with E-state index in [4.69, 9.17) is 0 Å². The Kier molecular flexibility index (Phi) is 4.49. The summed E-state index contributed by atoms with van der Waals surface area (Å²) < 4.78 is 29.3. The Hall–Kier alpha value is -3.38. The lowest BCUT2D eigenvalue weighted by Gasteiger charge is -2.06. The lowest BCUT2D eigenvalue weighted by atomic mass is 10.2. The summed E-state index contributed by atoms with van der Waals surface area (Å²) in [5.41, 5.74) is 2.96. The molecule has 140 valence electrons. The number of amides is 1. The van der Waals surface area contributed by atoms with Crippen LogP contribution in [-0.4, -0.2) is 18.9 Å². The number of aromatic nitrogens is 1. The fourth-order valence-electron chi connectivity index (χ4n) is 3.12. The Morgan fingerprint density at radius 2 is 1.50 bits per heavy atom. The second-order valence-corrected chi connectivity index (χ2v) is 8.20. The first-order valence-corrected chi connectivity index (χ1v) is 10.2. The van der Waals surface area contributed by atoms with E-state index in [0.717, 1.165) is 16.8 Å². The Bertz CT molecular complexity index is 1260. The zero-order valence-corrected chi connectivity index (χ0v) is 16.0. The lowest BCUT2D eigenvalue weighted by molar-refractivity contribution is 0.0983. The Balaban J connectivity index is 1.75. The molecule has 1 N–H and O–H groups in total. The van der Waals surface area contributed by atoms with Crippen molar-refractivity contribution in [2.45, 2.75) is 11.8 Å². The Morgan fingerprint density at radius 3 is 2.21 bits per heavy atom. The van der Waals surface area contributed by atoms with Gasteiger partial charge in [0.1, 0.15) is 0 Å². The number of nitrogens with zero attached hydrogens (tertiary/aromatic N) is 1. The van der Waals surface area contributed by atoms with E-state index in [-0.39, 0.29) is 4.90 Å². The molecule has 4 rings (SSSR count). The molecular weight excluding hydrogens is 372 g/mol. The number of benzene rings is 3. The van der Waals surface area contributed by atoms with E-state index < -0.39 is 15.9 Å². The van der Waals surface area contributed by atoms with Crippen LogP contribution in [0, 0.1) is 6.92 Å². The van der Waals surface area contributed by atoms with Gasteiger partial charge in [0.05, 0.1) is 16.0 Å². The molecule has 0 saturated heterocycles. The number of nitrogens with one attached hydrogen (secondary N) is 1. The van der Waals surface area contributed by atoms with E-state index in [1.54, 1.807) is 18.3 Å². The zero-order chi connectivity index (χ0) is 19.7. The molecule has 0 atom stereocenters. The summed E-state index contributed by atoms with van der Waals surface area (Å²) in [6, 6.07) is 23.4. The second-order valence-electron chi connectivity index (χ2n) is 6.51. The van der Waals surface area contributed by atoms with Crippen molar-refractivity contribution in [3.8, 4) is 5.69 Å². The Labute approximate surface area is 163 Å². The molecule has 0 fully saturated rings. The minimum absolute atomic E-state index is 0.0539. The molecule has 0 spiro atoms. The van der Waals surface area contributed by atoms with Gasteiger partial charge < -0.3 is 4.57 Å². The number of rotatable bonds is 4. The molecule has 4 aromatic rings.